The summed E-state index contributed by atoms with van der Waals surface area (Å²) in [6, 6.07) is 41.2. The third-order valence-corrected chi connectivity index (χ3v) is 7.11. The molecule has 0 atom stereocenters. The maximum absolute atomic E-state index is 3.11. The van der Waals surface area contributed by atoms with Gasteiger partial charge in [0, 0.05) is 32.2 Å². The van der Waals surface area contributed by atoms with E-state index in [4.69, 9.17) is 0 Å². The second-order valence-corrected chi connectivity index (χ2v) is 12.1. The Bertz CT molecular complexity index is 966. The first kappa shape index (κ1) is 29.0. The summed E-state index contributed by atoms with van der Waals surface area (Å²) < 4.78 is 0. The molecule has 0 spiro atoms. The molecule has 0 fully saturated rings. The first-order valence-electron chi connectivity index (χ1n) is 10.6. The van der Waals surface area contributed by atoms with Crippen molar-refractivity contribution in [3.63, 3.8) is 0 Å². The standard InChI is InChI=1S/C14H10.2C8H11P.Pt/c1-3-7-13(8-4-1)11-12-14-9-5-2-6-10-14;2*1-9(2)8-6-4-3-5-7-8;/h1-10H;2*3-7H,1-2H3;. The van der Waals surface area contributed by atoms with Crippen LogP contribution < -0.4 is 10.6 Å². The van der Waals surface area contributed by atoms with Crippen molar-refractivity contribution in [3.05, 3.63) is 132 Å². The topological polar surface area (TPSA) is 0 Å². The van der Waals surface area contributed by atoms with E-state index in [1.165, 1.54) is 10.6 Å². The van der Waals surface area contributed by atoms with Crippen molar-refractivity contribution in [3.8, 4) is 11.8 Å². The predicted molar refractivity (Wildman–Crippen MR) is 149 cm³/mol. The molecule has 0 aliphatic carbocycles. The average Bonchev–Trinajstić information content (AvgIpc) is 2.86. The van der Waals surface area contributed by atoms with Crippen LogP contribution in [0.25, 0.3) is 0 Å². The number of benzene rings is 4. The summed E-state index contributed by atoms with van der Waals surface area (Å²) in [7, 11) is 0.209. The maximum atomic E-state index is 3.11. The Hall–Kier alpha value is -2.01. The van der Waals surface area contributed by atoms with Gasteiger partial charge in [-0.3, -0.25) is 0 Å². The zero-order valence-corrected chi connectivity index (χ0v) is 23.8. The number of hydrogen-bond acceptors (Lipinski definition) is 0. The first-order valence-corrected chi connectivity index (χ1v) is 15.1. The molecule has 0 saturated heterocycles. The zero-order chi connectivity index (χ0) is 23.0. The molecule has 0 heterocycles. The van der Waals surface area contributed by atoms with Crippen molar-refractivity contribution in [2.75, 3.05) is 26.7 Å². The smallest absolute Gasteiger partial charge is 0.0249 e. The molecule has 0 aliphatic heterocycles. The number of hydrogen-bond donors (Lipinski definition) is 0. The van der Waals surface area contributed by atoms with Gasteiger partial charge in [0.1, 0.15) is 0 Å². The predicted octanol–water partition coefficient (Wildman–Crippen LogP) is 7.19. The van der Waals surface area contributed by atoms with Crippen LogP contribution in [-0.4, -0.2) is 26.7 Å². The second-order valence-electron chi connectivity index (χ2n) is 7.44. The van der Waals surface area contributed by atoms with E-state index < -0.39 is 0 Å². The normalized spacial score (nSPS) is 9.27. The van der Waals surface area contributed by atoms with Crippen LogP contribution in [0.3, 0.4) is 0 Å². The summed E-state index contributed by atoms with van der Waals surface area (Å²) in [4.78, 5) is 0. The van der Waals surface area contributed by atoms with E-state index in [1.54, 1.807) is 0 Å². The molecule has 3 heteroatoms. The fourth-order valence-electron chi connectivity index (χ4n) is 2.64. The Morgan fingerprint density at radius 3 is 0.848 bits per heavy atom. The molecule has 0 aromatic heterocycles. The van der Waals surface area contributed by atoms with E-state index in [2.05, 4.69) is 99.2 Å². The van der Waals surface area contributed by atoms with E-state index in [1.807, 2.05) is 60.7 Å². The van der Waals surface area contributed by atoms with Crippen LogP contribution in [0.2, 0.25) is 0 Å². The van der Waals surface area contributed by atoms with Gasteiger partial charge >= 0.3 is 0 Å². The Morgan fingerprint density at radius 2 is 0.636 bits per heavy atom. The van der Waals surface area contributed by atoms with Gasteiger partial charge in [0.15, 0.2) is 0 Å². The van der Waals surface area contributed by atoms with Gasteiger partial charge in [-0.25, -0.2) is 0 Å². The zero-order valence-electron chi connectivity index (χ0n) is 19.8. The summed E-state index contributed by atoms with van der Waals surface area (Å²) in [5.74, 6) is 6.22. The fraction of sp³-hybridized carbons (Fsp3) is 0.133. The molecule has 0 saturated carbocycles. The van der Waals surface area contributed by atoms with Gasteiger partial charge in [-0.05, 0) is 61.5 Å². The summed E-state index contributed by atoms with van der Waals surface area (Å²) in [5, 5.41) is 2.96. The van der Waals surface area contributed by atoms with Crippen molar-refractivity contribution in [2.24, 2.45) is 0 Å². The monoisotopic (exact) mass is 649 g/mol. The summed E-state index contributed by atoms with van der Waals surface area (Å²) >= 11 is 0. The molecule has 0 nitrogen and oxygen atoms in total. The Labute approximate surface area is 217 Å². The van der Waals surface area contributed by atoms with Crippen LogP contribution in [0.5, 0.6) is 0 Å². The quantitative estimate of drug-likeness (QED) is 0.159. The van der Waals surface area contributed by atoms with Crippen LogP contribution >= 0.6 is 15.8 Å². The maximum Gasteiger partial charge on any atom is 0.0249 e. The Balaban J connectivity index is 0.000000254. The molecule has 0 aliphatic rings. The molecular formula is C30H32P2Pt. The van der Waals surface area contributed by atoms with Crippen LogP contribution in [0.4, 0.5) is 0 Å². The summed E-state index contributed by atoms with van der Waals surface area (Å²) in [6.45, 7) is 9.07. The minimum Gasteiger partial charge on any atom is -0.0817 e. The van der Waals surface area contributed by atoms with E-state index in [0.717, 1.165) is 11.1 Å². The van der Waals surface area contributed by atoms with Crippen molar-refractivity contribution in [1.82, 2.24) is 0 Å². The summed E-state index contributed by atoms with van der Waals surface area (Å²) in [5.41, 5.74) is 2.10. The minimum atomic E-state index is 0. The molecular weight excluding hydrogens is 617 g/mol. The van der Waals surface area contributed by atoms with Gasteiger partial charge in [-0.2, -0.15) is 0 Å². The van der Waals surface area contributed by atoms with Crippen LogP contribution in [0, 0.1) is 11.8 Å². The van der Waals surface area contributed by atoms with Gasteiger partial charge in [0.25, 0.3) is 0 Å². The van der Waals surface area contributed by atoms with Crippen LogP contribution in [0.15, 0.2) is 121 Å². The molecule has 0 bridgehead atoms. The van der Waals surface area contributed by atoms with Gasteiger partial charge in [0.05, 0.1) is 0 Å². The Kier molecular flexibility index (Phi) is 15.4. The van der Waals surface area contributed by atoms with Crippen LogP contribution in [0.1, 0.15) is 11.1 Å². The minimum absolute atomic E-state index is 0. The van der Waals surface area contributed by atoms with Crippen molar-refractivity contribution in [1.29, 1.82) is 0 Å². The van der Waals surface area contributed by atoms with E-state index in [-0.39, 0.29) is 36.9 Å². The van der Waals surface area contributed by atoms with Crippen molar-refractivity contribution >= 4 is 26.5 Å². The van der Waals surface area contributed by atoms with Crippen molar-refractivity contribution < 1.29 is 21.1 Å². The largest absolute Gasteiger partial charge is 0.0817 e. The SMILES string of the molecule is C(#Cc1ccccc1)c1ccccc1.CP(C)c1ccccc1.CP(C)c1ccccc1.[Pt]. The molecule has 0 amide bonds. The molecule has 172 valence electrons. The Morgan fingerprint density at radius 1 is 0.394 bits per heavy atom. The number of rotatable bonds is 2. The molecule has 0 unspecified atom stereocenters. The third-order valence-electron chi connectivity index (χ3n) is 4.44. The molecule has 4 aromatic rings. The fourth-order valence-corrected chi connectivity index (χ4v) is 4.18. The van der Waals surface area contributed by atoms with Gasteiger partial charge in [-0.1, -0.05) is 125 Å². The molecule has 4 rings (SSSR count). The molecule has 0 radical (unpaired) electrons. The molecule has 0 N–H and O–H groups in total. The van der Waals surface area contributed by atoms with E-state index >= 15 is 0 Å². The van der Waals surface area contributed by atoms with Gasteiger partial charge < -0.3 is 0 Å². The van der Waals surface area contributed by atoms with Crippen LogP contribution in [-0.2, 0) is 21.1 Å². The summed E-state index contributed by atoms with van der Waals surface area (Å²) in [6.07, 6.45) is 0. The van der Waals surface area contributed by atoms with E-state index in [0.29, 0.717) is 0 Å². The second kappa shape index (κ2) is 17.5. The van der Waals surface area contributed by atoms with Crippen molar-refractivity contribution in [2.45, 2.75) is 0 Å². The molecule has 33 heavy (non-hydrogen) atoms. The third kappa shape index (κ3) is 12.7. The van der Waals surface area contributed by atoms with Gasteiger partial charge in [0.2, 0.25) is 0 Å². The first-order chi connectivity index (χ1) is 15.6. The van der Waals surface area contributed by atoms with E-state index in [9.17, 15) is 0 Å². The average molecular weight is 650 g/mol. The van der Waals surface area contributed by atoms with Gasteiger partial charge in [-0.15, -0.1) is 0 Å². The molecule has 4 aromatic carbocycles.